The molecule has 1 saturated carbocycles. The molecule has 1 unspecified atom stereocenters. The van der Waals surface area contributed by atoms with Crippen molar-refractivity contribution < 1.29 is 24.2 Å². The first-order chi connectivity index (χ1) is 11.1. The fourth-order valence-electron chi connectivity index (χ4n) is 3.09. The second kappa shape index (κ2) is 6.40. The molecule has 0 aromatic heterocycles. The first-order valence-corrected chi connectivity index (χ1v) is 7.82. The van der Waals surface area contributed by atoms with Gasteiger partial charge in [0, 0.05) is 0 Å². The maximum absolute atomic E-state index is 12.7. The van der Waals surface area contributed by atoms with Gasteiger partial charge in [-0.3, -0.25) is 9.59 Å². The van der Waals surface area contributed by atoms with Crippen LogP contribution >= 0.6 is 0 Å². The van der Waals surface area contributed by atoms with E-state index in [1.54, 1.807) is 0 Å². The summed E-state index contributed by atoms with van der Waals surface area (Å²) in [5, 5.41) is 9.03. The number of ether oxygens (including phenoxy) is 1. The number of carboxylic acid groups (broad SMARTS) is 1. The van der Waals surface area contributed by atoms with Crippen LogP contribution in [0.15, 0.2) is 30.3 Å². The molecule has 122 valence electrons. The molecule has 2 atom stereocenters. The van der Waals surface area contributed by atoms with E-state index in [2.05, 4.69) is 0 Å². The average Bonchev–Trinajstić information content (AvgIpc) is 3.30. The Labute approximate surface area is 134 Å². The largest absolute Gasteiger partial charge is 0.481 e. The van der Waals surface area contributed by atoms with Crippen molar-refractivity contribution in [2.75, 3.05) is 6.61 Å². The molecule has 6 heteroatoms. The quantitative estimate of drug-likeness (QED) is 0.868. The van der Waals surface area contributed by atoms with Crippen LogP contribution in [0.5, 0.6) is 0 Å². The van der Waals surface area contributed by atoms with Gasteiger partial charge in [-0.05, 0) is 30.7 Å². The molecular weight excluding hydrogens is 298 g/mol. The Morgan fingerprint density at radius 2 is 1.96 bits per heavy atom. The number of hydrogen-bond donors (Lipinski definition) is 1. The lowest BCUT2D eigenvalue weighted by Crippen LogP contribution is -2.44. The minimum Gasteiger partial charge on any atom is -0.481 e. The predicted octanol–water partition coefficient (Wildman–Crippen LogP) is 2.08. The molecule has 1 heterocycles. The molecule has 0 bridgehead atoms. The monoisotopic (exact) mass is 317 g/mol. The number of carbonyl (C=O) groups excluding carboxylic acids is 2. The molecule has 2 fully saturated rings. The molecular formula is C17H19NO5. The highest BCUT2D eigenvalue weighted by Crippen LogP contribution is 2.40. The van der Waals surface area contributed by atoms with Crippen LogP contribution in [-0.2, 0) is 20.7 Å². The zero-order valence-corrected chi connectivity index (χ0v) is 12.7. The van der Waals surface area contributed by atoms with Crippen LogP contribution < -0.4 is 0 Å². The molecule has 1 aliphatic heterocycles. The van der Waals surface area contributed by atoms with E-state index in [0.717, 1.165) is 23.3 Å². The fourth-order valence-corrected chi connectivity index (χ4v) is 3.09. The lowest BCUT2D eigenvalue weighted by Gasteiger charge is -2.24. The Kier molecular flexibility index (Phi) is 4.32. The molecule has 1 saturated heterocycles. The van der Waals surface area contributed by atoms with Gasteiger partial charge in [0.2, 0.25) is 5.91 Å². The van der Waals surface area contributed by atoms with Crippen molar-refractivity contribution in [2.24, 2.45) is 11.8 Å². The molecule has 1 aliphatic carbocycles. The number of imide groups is 1. The number of rotatable bonds is 6. The molecule has 1 aromatic rings. The maximum Gasteiger partial charge on any atom is 0.416 e. The van der Waals surface area contributed by atoms with Gasteiger partial charge in [-0.25, -0.2) is 9.69 Å². The van der Waals surface area contributed by atoms with Crippen LogP contribution in [0, 0.1) is 11.8 Å². The van der Waals surface area contributed by atoms with E-state index in [1.807, 2.05) is 30.3 Å². The molecule has 1 aromatic carbocycles. The summed E-state index contributed by atoms with van der Waals surface area (Å²) in [6.45, 7) is 0.157. The summed E-state index contributed by atoms with van der Waals surface area (Å²) >= 11 is 0. The number of hydrogen-bond acceptors (Lipinski definition) is 4. The van der Waals surface area contributed by atoms with Crippen LogP contribution in [0.3, 0.4) is 0 Å². The highest BCUT2D eigenvalue weighted by atomic mass is 16.6. The van der Waals surface area contributed by atoms with Crippen molar-refractivity contribution in [1.82, 2.24) is 4.90 Å². The van der Waals surface area contributed by atoms with E-state index in [1.165, 1.54) is 0 Å². The second-order valence-corrected chi connectivity index (χ2v) is 6.17. The summed E-state index contributed by atoms with van der Waals surface area (Å²) < 4.78 is 5.05. The average molecular weight is 317 g/mol. The van der Waals surface area contributed by atoms with Crippen molar-refractivity contribution in [3.8, 4) is 0 Å². The minimum absolute atomic E-state index is 0.0735. The van der Waals surface area contributed by atoms with Gasteiger partial charge < -0.3 is 9.84 Å². The van der Waals surface area contributed by atoms with Crippen LogP contribution in [-0.4, -0.2) is 40.6 Å². The summed E-state index contributed by atoms with van der Waals surface area (Å²) in [5.41, 5.74) is 1.01. The Morgan fingerprint density at radius 3 is 2.57 bits per heavy atom. The van der Waals surface area contributed by atoms with Crippen molar-refractivity contribution in [3.63, 3.8) is 0 Å². The lowest BCUT2D eigenvalue weighted by molar-refractivity contribution is -0.144. The maximum atomic E-state index is 12.7. The first kappa shape index (κ1) is 15.5. The predicted molar refractivity (Wildman–Crippen MR) is 80.6 cm³/mol. The van der Waals surface area contributed by atoms with E-state index < -0.39 is 23.9 Å². The highest BCUT2D eigenvalue weighted by Gasteiger charge is 2.46. The Bertz CT molecular complexity index is 611. The third-order valence-corrected chi connectivity index (χ3v) is 4.42. The number of carbonyl (C=O) groups is 3. The molecule has 0 radical (unpaired) electrons. The number of benzene rings is 1. The SMILES string of the molecule is O=C(O)CC(C(=O)N1C(=O)OC[C@@H]1Cc1ccccc1)C1CC1. The van der Waals surface area contributed by atoms with Gasteiger partial charge in [0.15, 0.2) is 0 Å². The van der Waals surface area contributed by atoms with Crippen molar-refractivity contribution in [1.29, 1.82) is 0 Å². The van der Waals surface area contributed by atoms with Gasteiger partial charge in [0.05, 0.1) is 18.4 Å². The molecule has 3 rings (SSSR count). The lowest BCUT2D eigenvalue weighted by atomic mass is 9.96. The van der Waals surface area contributed by atoms with Gasteiger partial charge in [-0.1, -0.05) is 30.3 Å². The standard InChI is InChI=1S/C17H19NO5/c19-15(20)9-14(12-6-7-12)16(21)18-13(10-23-17(18)22)8-11-4-2-1-3-5-11/h1-5,12-14H,6-10H2,(H,19,20)/t13-,14?/m0/s1. The van der Waals surface area contributed by atoms with Gasteiger partial charge in [-0.15, -0.1) is 0 Å². The summed E-state index contributed by atoms with van der Waals surface area (Å²) in [7, 11) is 0. The van der Waals surface area contributed by atoms with Gasteiger partial charge >= 0.3 is 12.1 Å². The van der Waals surface area contributed by atoms with Crippen LogP contribution in [0.2, 0.25) is 0 Å². The first-order valence-electron chi connectivity index (χ1n) is 7.82. The number of aliphatic carboxylic acids is 1. The van der Waals surface area contributed by atoms with E-state index in [9.17, 15) is 14.4 Å². The van der Waals surface area contributed by atoms with Gasteiger partial charge in [-0.2, -0.15) is 0 Å². The van der Waals surface area contributed by atoms with Crippen molar-refractivity contribution in [2.45, 2.75) is 31.7 Å². The highest BCUT2D eigenvalue weighted by molar-refractivity contribution is 5.96. The summed E-state index contributed by atoms with van der Waals surface area (Å²) in [6, 6.07) is 9.20. The normalized spacial score (nSPS) is 21.8. The van der Waals surface area contributed by atoms with Crippen molar-refractivity contribution >= 4 is 18.0 Å². The van der Waals surface area contributed by atoms with E-state index in [4.69, 9.17) is 9.84 Å². The van der Waals surface area contributed by atoms with E-state index in [0.29, 0.717) is 6.42 Å². The smallest absolute Gasteiger partial charge is 0.416 e. The summed E-state index contributed by atoms with van der Waals surface area (Å²) in [4.78, 5) is 36.9. The molecule has 6 nitrogen and oxygen atoms in total. The molecule has 0 spiro atoms. The van der Waals surface area contributed by atoms with Crippen LogP contribution in [0.1, 0.15) is 24.8 Å². The Hall–Kier alpha value is -2.37. The number of amides is 2. The molecule has 1 N–H and O–H groups in total. The van der Waals surface area contributed by atoms with E-state index in [-0.39, 0.29) is 25.0 Å². The molecule has 2 amide bonds. The molecule has 2 aliphatic rings. The van der Waals surface area contributed by atoms with Gasteiger partial charge in [0.25, 0.3) is 0 Å². The summed E-state index contributed by atoms with van der Waals surface area (Å²) in [6.07, 6.45) is 1.31. The van der Waals surface area contributed by atoms with Gasteiger partial charge in [0.1, 0.15) is 6.61 Å². The third-order valence-electron chi connectivity index (χ3n) is 4.42. The fraction of sp³-hybridized carbons (Fsp3) is 0.471. The van der Waals surface area contributed by atoms with Crippen molar-refractivity contribution in [3.05, 3.63) is 35.9 Å². The third kappa shape index (κ3) is 3.52. The molecule has 23 heavy (non-hydrogen) atoms. The zero-order valence-electron chi connectivity index (χ0n) is 12.7. The second-order valence-electron chi connectivity index (χ2n) is 6.17. The zero-order chi connectivity index (χ0) is 16.4. The summed E-state index contributed by atoms with van der Waals surface area (Å²) in [5.74, 6) is -1.97. The number of nitrogens with zero attached hydrogens (tertiary/aromatic N) is 1. The number of carboxylic acids is 1. The van der Waals surface area contributed by atoms with Crippen LogP contribution in [0.4, 0.5) is 4.79 Å². The van der Waals surface area contributed by atoms with E-state index >= 15 is 0 Å². The minimum atomic E-state index is -1.01. The topological polar surface area (TPSA) is 83.9 Å². The number of cyclic esters (lactones) is 1. The Morgan fingerprint density at radius 1 is 1.26 bits per heavy atom. The van der Waals surface area contributed by atoms with Crippen LogP contribution in [0.25, 0.3) is 0 Å². The Balaban J connectivity index is 1.75.